The average molecular weight is 302 g/mol. The van der Waals surface area contributed by atoms with Gasteiger partial charge in [-0.05, 0) is 19.1 Å². The fraction of sp³-hybridized carbons (Fsp3) is 0.438. The number of amides is 3. The number of nitrogens with zero attached hydrogens (tertiary/aromatic N) is 2. The Balaban J connectivity index is 1.79. The molecular weight excluding hydrogens is 282 g/mol. The first-order valence-electron chi connectivity index (χ1n) is 7.57. The first-order valence-corrected chi connectivity index (χ1v) is 7.57. The lowest BCUT2D eigenvalue weighted by Crippen LogP contribution is -3.12. The number of benzene rings is 1. The van der Waals surface area contributed by atoms with Crippen molar-refractivity contribution in [1.82, 2.24) is 9.80 Å². The molecule has 3 amide bonds. The summed E-state index contributed by atoms with van der Waals surface area (Å²) < 4.78 is 0. The highest BCUT2D eigenvalue weighted by Gasteiger charge is 2.42. The fourth-order valence-corrected chi connectivity index (χ4v) is 3.04. The molecule has 0 aliphatic carbocycles. The maximum atomic E-state index is 12.6. The molecule has 0 spiro atoms. The molecule has 0 unspecified atom stereocenters. The summed E-state index contributed by atoms with van der Waals surface area (Å²) in [4.78, 5) is 41.7. The monoisotopic (exact) mass is 302 g/mol. The van der Waals surface area contributed by atoms with E-state index in [0.717, 1.165) is 18.0 Å². The second kappa shape index (κ2) is 5.53. The van der Waals surface area contributed by atoms with Crippen molar-refractivity contribution in [2.24, 2.45) is 0 Å². The smallest absolute Gasteiger partial charge is 0.262 e. The van der Waals surface area contributed by atoms with Crippen LogP contribution < -0.4 is 4.90 Å². The third-order valence-electron chi connectivity index (χ3n) is 4.50. The molecule has 22 heavy (non-hydrogen) atoms. The Labute approximate surface area is 129 Å². The largest absolute Gasteiger partial charge is 0.334 e. The van der Waals surface area contributed by atoms with Crippen molar-refractivity contribution in [3.63, 3.8) is 0 Å². The van der Waals surface area contributed by atoms with E-state index >= 15 is 0 Å². The van der Waals surface area contributed by atoms with Gasteiger partial charge in [-0.3, -0.25) is 19.3 Å². The van der Waals surface area contributed by atoms with Crippen LogP contribution in [0, 0.1) is 0 Å². The molecule has 2 aliphatic rings. The van der Waals surface area contributed by atoms with Gasteiger partial charge in [-0.2, -0.15) is 0 Å². The zero-order chi connectivity index (χ0) is 15.9. The van der Waals surface area contributed by atoms with Crippen molar-refractivity contribution in [2.45, 2.75) is 13.0 Å². The molecule has 0 saturated carbocycles. The minimum atomic E-state index is -0.759. The lowest BCUT2D eigenvalue weighted by Gasteiger charge is -2.33. The Bertz CT molecular complexity index is 600. The number of rotatable bonds is 2. The molecule has 2 aliphatic heterocycles. The van der Waals surface area contributed by atoms with E-state index in [2.05, 4.69) is 7.05 Å². The predicted molar refractivity (Wildman–Crippen MR) is 79.6 cm³/mol. The average Bonchev–Trinajstić information content (AvgIpc) is 2.79. The lowest BCUT2D eigenvalue weighted by molar-refractivity contribution is -0.883. The van der Waals surface area contributed by atoms with Crippen molar-refractivity contribution in [3.8, 4) is 0 Å². The number of imide groups is 1. The van der Waals surface area contributed by atoms with Gasteiger partial charge in [-0.1, -0.05) is 12.1 Å². The number of hydrogen-bond donors (Lipinski definition) is 1. The van der Waals surface area contributed by atoms with E-state index in [1.54, 1.807) is 36.1 Å². The summed E-state index contributed by atoms with van der Waals surface area (Å²) in [5.41, 5.74) is 0.768. The van der Waals surface area contributed by atoms with Crippen LogP contribution in [0.3, 0.4) is 0 Å². The van der Waals surface area contributed by atoms with Crippen LogP contribution >= 0.6 is 0 Å². The van der Waals surface area contributed by atoms with Gasteiger partial charge in [-0.25, -0.2) is 0 Å². The first-order chi connectivity index (χ1) is 10.5. The number of quaternary nitrogens is 1. The Morgan fingerprint density at radius 3 is 2.09 bits per heavy atom. The molecule has 0 radical (unpaired) electrons. The number of carbonyl (C=O) groups is 3. The van der Waals surface area contributed by atoms with Crippen LogP contribution in [0.25, 0.3) is 0 Å². The van der Waals surface area contributed by atoms with Crippen LogP contribution in [-0.4, -0.2) is 66.8 Å². The van der Waals surface area contributed by atoms with Crippen LogP contribution in [0.2, 0.25) is 0 Å². The van der Waals surface area contributed by atoms with E-state index in [0.29, 0.717) is 24.2 Å². The zero-order valence-electron chi connectivity index (χ0n) is 12.8. The molecule has 1 atom stereocenters. The number of likely N-dealkylation sites (N-methyl/N-ethyl adjacent to an activating group) is 1. The normalized spacial score (nSPS) is 20.3. The summed E-state index contributed by atoms with van der Waals surface area (Å²) >= 11 is 0. The van der Waals surface area contributed by atoms with Gasteiger partial charge in [0.15, 0.2) is 0 Å². The second-order valence-electron chi connectivity index (χ2n) is 5.98. The van der Waals surface area contributed by atoms with Crippen molar-refractivity contribution in [3.05, 3.63) is 35.4 Å². The molecule has 2 heterocycles. The number of fused-ring (bicyclic) bond motifs is 1. The number of nitrogens with one attached hydrogen (secondary N) is 1. The number of carbonyl (C=O) groups excluding carboxylic acids is 3. The quantitative estimate of drug-likeness (QED) is 0.715. The van der Waals surface area contributed by atoms with E-state index in [9.17, 15) is 14.4 Å². The van der Waals surface area contributed by atoms with Crippen molar-refractivity contribution in [2.75, 3.05) is 33.2 Å². The van der Waals surface area contributed by atoms with Crippen molar-refractivity contribution in [1.29, 1.82) is 0 Å². The summed E-state index contributed by atoms with van der Waals surface area (Å²) in [6.45, 7) is 4.74. The molecule has 6 heteroatoms. The van der Waals surface area contributed by atoms with Gasteiger partial charge >= 0.3 is 0 Å². The highest BCUT2D eigenvalue weighted by atomic mass is 16.2. The molecule has 1 aromatic carbocycles. The maximum Gasteiger partial charge on any atom is 0.262 e. The van der Waals surface area contributed by atoms with Gasteiger partial charge in [0.25, 0.3) is 11.8 Å². The minimum Gasteiger partial charge on any atom is -0.334 e. The number of hydrogen-bond acceptors (Lipinski definition) is 3. The summed E-state index contributed by atoms with van der Waals surface area (Å²) in [5, 5.41) is 0. The summed E-state index contributed by atoms with van der Waals surface area (Å²) in [5.74, 6) is -0.899. The Morgan fingerprint density at radius 2 is 1.59 bits per heavy atom. The van der Waals surface area contributed by atoms with E-state index < -0.39 is 6.04 Å². The topological polar surface area (TPSA) is 62.1 Å². The molecule has 3 rings (SSSR count). The first kappa shape index (κ1) is 14.7. The van der Waals surface area contributed by atoms with Gasteiger partial charge in [0.2, 0.25) is 5.91 Å². The third-order valence-corrected chi connectivity index (χ3v) is 4.50. The summed E-state index contributed by atoms with van der Waals surface area (Å²) in [6.07, 6.45) is 0. The molecule has 6 nitrogen and oxygen atoms in total. The zero-order valence-corrected chi connectivity index (χ0v) is 12.8. The van der Waals surface area contributed by atoms with Gasteiger partial charge < -0.3 is 9.80 Å². The molecular formula is C16H20N3O3+. The molecule has 0 bridgehead atoms. The summed E-state index contributed by atoms with van der Waals surface area (Å²) in [7, 11) is 2.09. The van der Waals surface area contributed by atoms with Gasteiger partial charge in [-0.15, -0.1) is 0 Å². The second-order valence-corrected chi connectivity index (χ2v) is 5.98. The van der Waals surface area contributed by atoms with E-state index in [4.69, 9.17) is 0 Å². The molecule has 1 fully saturated rings. The fourth-order valence-electron chi connectivity index (χ4n) is 3.04. The third kappa shape index (κ3) is 2.29. The van der Waals surface area contributed by atoms with E-state index in [1.807, 2.05) is 0 Å². The SMILES string of the molecule is C[C@H](C(=O)N1CC[NH+](C)CC1)N1C(=O)c2ccccc2C1=O. The molecule has 1 aromatic rings. The van der Waals surface area contributed by atoms with Crippen molar-refractivity contribution >= 4 is 17.7 Å². The maximum absolute atomic E-state index is 12.6. The lowest BCUT2D eigenvalue weighted by atomic mass is 10.1. The van der Waals surface area contributed by atoms with E-state index in [1.165, 1.54) is 4.90 Å². The van der Waals surface area contributed by atoms with E-state index in [-0.39, 0.29) is 17.7 Å². The van der Waals surface area contributed by atoms with Gasteiger partial charge in [0.05, 0.1) is 44.4 Å². The van der Waals surface area contributed by atoms with Crippen LogP contribution in [0.4, 0.5) is 0 Å². The molecule has 0 aromatic heterocycles. The molecule has 116 valence electrons. The van der Waals surface area contributed by atoms with Gasteiger partial charge in [0, 0.05) is 0 Å². The van der Waals surface area contributed by atoms with Crippen LogP contribution in [0.1, 0.15) is 27.6 Å². The van der Waals surface area contributed by atoms with Crippen LogP contribution in [0.5, 0.6) is 0 Å². The predicted octanol–water partition coefficient (Wildman–Crippen LogP) is -0.972. The van der Waals surface area contributed by atoms with Crippen LogP contribution in [0.15, 0.2) is 24.3 Å². The Kier molecular flexibility index (Phi) is 3.70. The highest BCUT2D eigenvalue weighted by Crippen LogP contribution is 2.25. The Morgan fingerprint density at radius 1 is 1.09 bits per heavy atom. The standard InChI is InChI=1S/C16H19N3O3/c1-11(14(20)18-9-7-17(2)8-10-18)19-15(21)12-5-3-4-6-13(12)16(19)22/h3-6,11H,7-10H2,1-2H3/p+1/t11-/m1/s1. The Hall–Kier alpha value is -2.21. The number of piperazine rings is 1. The summed E-state index contributed by atoms with van der Waals surface area (Å²) in [6, 6.07) is 5.95. The molecule has 1 saturated heterocycles. The van der Waals surface area contributed by atoms with Crippen LogP contribution in [-0.2, 0) is 4.79 Å². The highest BCUT2D eigenvalue weighted by molar-refractivity contribution is 6.22. The van der Waals surface area contributed by atoms with Crippen molar-refractivity contribution < 1.29 is 19.3 Å². The molecule has 1 N–H and O–H groups in total. The van der Waals surface area contributed by atoms with Gasteiger partial charge in [0.1, 0.15) is 6.04 Å². The minimum absolute atomic E-state index is 0.151.